The van der Waals surface area contributed by atoms with E-state index in [1.807, 2.05) is 48.8 Å². The molecule has 0 radical (unpaired) electrons. The number of nitrogens with one attached hydrogen (secondary N) is 1. The standard InChI is InChI=1S/C21H25N5O2S/c1-25-10-12-26(13-11-25)21-23-14-18(29-20-17(27-2)8-9-22-20)19(24-21)28-15-16-6-4-3-5-7-16/h3-9,14,22H,10-13,15H2,1-2H3. The average Bonchev–Trinajstić information content (AvgIpc) is 3.21. The predicted molar refractivity (Wildman–Crippen MR) is 114 cm³/mol. The molecule has 3 aromatic rings. The van der Waals surface area contributed by atoms with E-state index in [0.29, 0.717) is 18.4 Å². The summed E-state index contributed by atoms with van der Waals surface area (Å²) in [6.07, 6.45) is 3.69. The highest BCUT2D eigenvalue weighted by Gasteiger charge is 2.20. The molecule has 1 saturated heterocycles. The molecule has 1 aliphatic rings. The Morgan fingerprint density at radius 1 is 1.10 bits per heavy atom. The fourth-order valence-corrected chi connectivity index (χ4v) is 3.99. The minimum absolute atomic E-state index is 0.454. The number of aromatic nitrogens is 3. The van der Waals surface area contributed by atoms with Crippen LogP contribution in [0, 0.1) is 0 Å². The van der Waals surface area contributed by atoms with Gasteiger partial charge in [-0.05, 0) is 18.7 Å². The van der Waals surface area contributed by atoms with Gasteiger partial charge in [0.25, 0.3) is 0 Å². The first-order valence-electron chi connectivity index (χ1n) is 9.59. The van der Waals surface area contributed by atoms with Gasteiger partial charge in [-0.15, -0.1) is 0 Å². The molecule has 0 atom stereocenters. The van der Waals surface area contributed by atoms with Gasteiger partial charge in [0, 0.05) is 32.4 Å². The van der Waals surface area contributed by atoms with Crippen molar-refractivity contribution in [2.45, 2.75) is 16.5 Å². The molecule has 2 aromatic heterocycles. The van der Waals surface area contributed by atoms with E-state index in [0.717, 1.165) is 47.4 Å². The van der Waals surface area contributed by atoms with Crippen LogP contribution in [0.4, 0.5) is 5.95 Å². The fourth-order valence-electron chi connectivity index (χ4n) is 3.09. The lowest BCUT2D eigenvalue weighted by molar-refractivity contribution is 0.283. The van der Waals surface area contributed by atoms with Crippen molar-refractivity contribution >= 4 is 17.7 Å². The summed E-state index contributed by atoms with van der Waals surface area (Å²) in [5.41, 5.74) is 1.10. The molecule has 8 heteroatoms. The fraction of sp³-hybridized carbons (Fsp3) is 0.333. The molecule has 0 spiro atoms. The van der Waals surface area contributed by atoms with Gasteiger partial charge in [0.15, 0.2) is 5.75 Å². The molecule has 0 saturated carbocycles. The number of H-pyrrole nitrogens is 1. The first-order chi connectivity index (χ1) is 14.2. The monoisotopic (exact) mass is 411 g/mol. The molecule has 1 fully saturated rings. The number of likely N-dealkylation sites (N-methyl/N-ethyl adjacent to an activating group) is 1. The van der Waals surface area contributed by atoms with Crippen molar-refractivity contribution in [2.75, 3.05) is 45.2 Å². The minimum atomic E-state index is 0.454. The number of ether oxygens (including phenoxy) is 2. The molecular formula is C21H25N5O2S. The summed E-state index contributed by atoms with van der Waals surface area (Å²) in [4.78, 5) is 18.0. The molecule has 1 aromatic carbocycles. The summed E-state index contributed by atoms with van der Waals surface area (Å²) in [7, 11) is 3.79. The number of benzene rings is 1. The van der Waals surface area contributed by atoms with Crippen LogP contribution in [-0.4, -0.2) is 60.2 Å². The normalized spacial score (nSPS) is 14.8. The van der Waals surface area contributed by atoms with Gasteiger partial charge in [-0.3, -0.25) is 0 Å². The second kappa shape index (κ2) is 9.19. The molecule has 3 heterocycles. The average molecular weight is 412 g/mol. The third kappa shape index (κ3) is 4.83. The van der Waals surface area contributed by atoms with Crippen molar-refractivity contribution in [3.63, 3.8) is 0 Å². The largest absolute Gasteiger partial charge is 0.494 e. The Balaban J connectivity index is 1.58. The van der Waals surface area contributed by atoms with Crippen molar-refractivity contribution in [1.29, 1.82) is 0 Å². The zero-order chi connectivity index (χ0) is 20.1. The number of hydrogen-bond donors (Lipinski definition) is 1. The SMILES string of the molecule is COc1cc[nH]c1Sc1cnc(N2CCN(C)CC2)nc1OCc1ccccc1. The highest BCUT2D eigenvalue weighted by Crippen LogP contribution is 2.38. The van der Waals surface area contributed by atoms with Gasteiger partial charge in [-0.2, -0.15) is 4.98 Å². The summed E-state index contributed by atoms with van der Waals surface area (Å²) in [5, 5.41) is 0.896. The second-order valence-electron chi connectivity index (χ2n) is 6.88. The van der Waals surface area contributed by atoms with E-state index in [-0.39, 0.29) is 0 Å². The number of aromatic amines is 1. The highest BCUT2D eigenvalue weighted by atomic mass is 32.2. The van der Waals surface area contributed by atoms with E-state index < -0.39 is 0 Å². The summed E-state index contributed by atoms with van der Waals surface area (Å²) < 4.78 is 11.5. The lowest BCUT2D eigenvalue weighted by Gasteiger charge is -2.32. The van der Waals surface area contributed by atoms with Crippen LogP contribution in [0.1, 0.15) is 5.56 Å². The number of methoxy groups -OCH3 is 1. The Labute approximate surface area is 175 Å². The van der Waals surface area contributed by atoms with Gasteiger partial charge < -0.3 is 24.3 Å². The molecular weight excluding hydrogens is 386 g/mol. The van der Waals surface area contributed by atoms with Crippen LogP contribution in [0.3, 0.4) is 0 Å². The number of hydrogen-bond acceptors (Lipinski definition) is 7. The third-order valence-electron chi connectivity index (χ3n) is 4.82. The molecule has 4 rings (SSSR count). The molecule has 0 aliphatic carbocycles. The van der Waals surface area contributed by atoms with Crippen molar-refractivity contribution in [3.05, 3.63) is 54.4 Å². The smallest absolute Gasteiger partial charge is 0.233 e. The van der Waals surface area contributed by atoms with Gasteiger partial charge >= 0.3 is 0 Å². The van der Waals surface area contributed by atoms with Gasteiger partial charge in [-0.1, -0.05) is 42.1 Å². The summed E-state index contributed by atoms with van der Waals surface area (Å²) in [6, 6.07) is 12.0. The third-order valence-corrected chi connectivity index (χ3v) is 5.84. The van der Waals surface area contributed by atoms with Crippen LogP contribution < -0.4 is 14.4 Å². The predicted octanol–water partition coefficient (Wildman–Crippen LogP) is 3.30. The van der Waals surface area contributed by atoms with Crippen LogP contribution in [0.2, 0.25) is 0 Å². The van der Waals surface area contributed by atoms with Gasteiger partial charge in [-0.25, -0.2) is 4.98 Å². The van der Waals surface area contributed by atoms with Crippen molar-refractivity contribution in [3.8, 4) is 11.6 Å². The number of piperazine rings is 1. The van der Waals surface area contributed by atoms with Crippen molar-refractivity contribution in [2.24, 2.45) is 0 Å². The minimum Gasteiger partial charge on any atom is -0.494 e. The Kier molecular flexibility index (Phi) is 6.21. The molecule has 29 heavy (non-hydrogen) atoms. The lowest BCUT2D eigenvalue weighted by atomic mass is 10.2. The van der Waals surface area contributed by atoms with Gasteiger partial charge in [0.1, 0.15) is 11.6 Å². The van der Waals surface area contributed by atoms with Crippen LogP contribution >= 0.6 is 11.8 Å². The van der Waals surface area contributed by atoms with E-state index in [2.05, 4.69) is 26.8 Å². The molecule has 1 N–H and O–H groups in total. The van der Waals surface area contributed by atoms with Crippen LogP contribution in [0.15, 0.2) is 58.7 Å². The summed E-state index contributed by atoms with van der Waals surface area (Å²) in [5.74, 6) is 2.08. The van der Waals surface area contributed by atoms with E-state index >= 15 is 0 Å². The maximum atomic E-state index is 6.13. The maximum Gasteiger partial charge on any atom is 0.233 e. The van der Waals surface area contributed by atoms with Crippen LogP contribution in [0.25, 0.3) is 0 Å². The van der Waals surface area contributed by atoms with E-state index in [1.54, 1.807) is 7.11 Å². The maximum absolute atomic E-state index is 6.13. The topological polar surface area (TPSA) is 66.5 Å². The van der Waals surface area contributed by atoms with Gasteiger partial charge in [0.2, 0.25) is 11.8 Å². The summed E-state index contributed by atoms with van der Waals surface area (Å²) >= 11 is 1.51. The van der Waals surface area contributed by atoms with Crippen molar-refractivity contribution < 1.29 is 9.47 Å². The van der Waals surface area contributed by atoms with Crippen LogP contribution in [0.5, 0.6) is 11.6 Å². The quantitative estimate of drug-likeness (QED) is 0.640. The van der Waals surface area contributed by atoms with E-state index in [1.165, 1.54) is 11.8 Å². The molecule has 1 aliphatic heterocycles. The number of nitrogens with zero attached hydrogens (tertiary/aromatic N) is 4. The first-order valence-corrected chi connectivity index (χ1v) is 10.4. The van der Waals surface area contributed by atoms with E-state index in [4.69, 9.17) is 14.5 Å². The van der Waals surface area contributed by atoms with Crippen LogP contribution in [-0.2, 0) is 6.61 Å². The van der Waals surface area contributed by atoms with E-state index in [9.17, 15) is 0 Å². The zero-order valence-corrected chi connectivity index (χ0v) is 17.5. The lowest BCUT2D eigenvalue weighted by Crippen LogP contribution is -2.45. The molecule has 7 nitrogen and oxygen atoms in total. The number of anilines is 1. The molecule has 0 unspecified atom stereocenters. The van der Waals surface area contributed by atoms with Gasteiger partial charge in [0.05, 0.1) is 18.2 Å². The summed E-state index contributed by atoms with van der Waals surface area (Å²) in [6.45, 7) is 4.27. The Morgan fingerprint density at radius 2 is 1.90 bits per heavy atom. The first kappa shape index (κ1) is 19.6. The molecule has 152 valence electrons. The zero-order valence-electron chi connectivity index (χ0n) is 16.7. The second-order valence-corrected chi connectivity index (χ2v) is 7.93. The molecule has 0 amide bonds. The van der Waals surface area contributed by atoms with Crippen molar-refractivity contribution in [1.82, 2.24) is 19.9 Å². The highest BCUT2D eigenvalue weighted by molar-refractivity contribution is 7.99. The molecule has 0 bridgehead atoms. The Bertz CT molecular complexity index is 926. The Morgan fingerprint density at radius 3 is 2.66 bits per heavy atom. The number of rotatable bonds is 7. The Hall–Kier alpha value is -2.71.